The Morgan fingerprint density at radius 1 is 0.731 bits per heavy atom. The second-order valence-corrected chi connectivity index (χ2v) is 7.10. The van der Waals surface area contributed by atoms with Crippen molar-refractivity contribution < 1.29 is 10.2 Å². The van der Waals surface area contributed by atoms with Gasteiger partial charge in [0.15, 0.2) is 0 Å². The average molecular weight is 351 g/mol. The first-order chi connectivity index (χ1) is 12.4. The molecule has 2 aromatic carbocycles. The summed E-state index contributed by atoms with van der Waals surface area (Å²) in [5.41, 5.74) is -0.807. The van der Waals surface area contributed by atoms with Crippen LogP contribution >= 0.6 is 0 Å². The highest BCUT2D eigenvalue weighted by atomic mass is 16.4. The third kappa shape index (κ3) is 3.67. The van der Waals surface area contributed by atoms with E-state index in [0.29, 0.717) is 0 Å². The number of aliphatic hydroxyl groups is 2. The second kappa shape index (κ2) is 8.48. The van der Waals surface area contributed by atoms with Crippen LogP contribution in [0.25, 0.3) is 0 Å². The molecule has 0 amide bonds. The number of hydrogen-bond donors (Lipinski definition) is 2. The topological polar surface area (TPSA) is 40.5 Å². The molecule has 0 radical (unpaired) electrons. The van der Waals surface area contributed by atoms with Gasteiger partial charge in [0.1, 0.15) is 11.2 Å². The average Bonchev–Trinajstić information content (AvgIpc) is 2.68. The summed E-state index contributed by atoms with van der Waals surface area (Å²) in [7, 11) is 0. The molecule has 0 saturated heterocycles. The Morgan fingerprint density at radius 3 is 1.31 bits per heavy atom. The van der Waals surface area contributed by atoms with Gasteiger partial charge in [-0.1, -0.05) is 86.7 Å². The van der Waals surface area contributed by atoms with E-state index in [2.05, 4.69) is 13.2 Å². The normalized spacial score (nSPS) is 18.2. The zero-order chi connectivity index (χ0) is 19.2. The lowest BCUT2D eigenvalue weighted by Crippen LogP contribution is -2.59. The summed E-state index contributed by atoms with van der Waals surface area (Å²) >= 11 is 0. The summed E-state index contributed by atoms with van der Waals surface area (Å²) in [6.07, 6.45) is 3.94. The molecule has 2 rings (SSSR count). The van der Waals surface area contributed by atoms with Gasteiger partial charge in [-0.05, 0) is 24.0 Å². The van der Waals surface area contributed by atoms with Gasteiger partial charge in [-0.3, -0.25) is 0 Å². The van der Waals surface area contributed by atoms with E-state index < -0.39 is 11.2 Å². The Morgan fingerprint density at radius 2 is 1.04 bits per heavy atom. The maximum Gasteiger partial charge on any atom is 0.104 e. The quantitative estimate of drug-likeness (QED) is 0.610. The maximum atomic E-state index is 11.8. The zero-order valence-corrected chi connectivity index (χ0v) is 15.8. The molecule has 26 heavy (non-hydrogen) atoms. The van der Waals surface area contributed by atoms with Gasteiger partial charge in [0, 0.05) is 11.8 Å². The van der Waals surface area contributed by atoms with E-state index in [0.717, 1.165) is 11.1 Å². The molecular weight excluding hydrogens is 320 g/mol. The van der Waals surface area contributed by atoms with Gasteiger partial charge < -0.3 is 10.2 Å². The first-order valence-electron chi connectivity index (χ1n) is 9.17. The molecule has 4 unspecified atom stereocenters. The number of rotatable bonds is 9. The van der Waals surface area contributed by atoms with Gasteiger partial charge in [0.2, 0.25) is 0 Å². The zero-order valence-electron chi connectivity index (χ0n) is 15.8. The van der Waals surface area contributed by atoms with Crippen molar-refractivity contribution in [1.82, 2.24) is 0 Å². The van der Waals surface area contributed by atoms with Crippen molar-refractivity contribution in [2.24, 2.45) is 0 Å². The lowest BCUT2D eigenvalue weighted by molar-refractivity contribution is -0.171. The molecule has 0 aliphatic heterocycles. The smallest absolute Gasteiger partial charge is 0.104 e. The minimum atomic E-state index is -1.39. The van der Waals surface area contributed by atoms with E-state index in [1.165, 1.54) is 0 Å². The molecule has 0 spiro atoms. The standard InChI is InChI=1S/C24H30O2/c1-5-17-23(25,19(3)21-13-9-7-10-14-21)24(26,18-6-2)20(4)22-15-11-8-12-16-22/h5-16,19-20,25-26H,1-2,17-18H2,3-4H3. The van der Waals surface area contributed by atoms with Crippen LogP contribution in [0.15, 0.2) is 86.0 Å². The van der Waals surface area contributed by atoms with E-state index in [-0.39, 0.29) is 24.7 Å². The van der Waals surface area contributed by atoms with E-state index in [1.807, 2.05) is 74.5 Å². The molecule has 0 bridgehead atoms. The van der Waals surface area contributed by atoms with Gasteiger partial charge in [0.25, 0.3) is 0 Å². The Bertz CT molecular complexity index is 646. The van der Waals surface area contributed by atoms with Gasteiger partial charge in [0.05, 0.1) is 0 Å². The van der Waals surface area contributed by atoms with Crippen LogP contribution in [0.5, 0.6) is 0 Å². The molecule has 0 saturated carbocycles. The van der Waals surface area contributed by atoms with Crippen molar-refractivity contribution in [2.75, 3.05) is 0 Å². The van der Waals surface area contributed by atoms with Crippen LogP contribution in [0.4, 0.5) is 0 Å². The van der Waals surface area contributed by atoms with Crippen LogP contribution in [-0.2, 0) is 0 Å². The van der Waals surface area contributed by atoms with Crippen LogP contribution in [0.3, 0.4) is 0 Å². The SMILES string of the molecule is C=CCC(O)(C(C)c1ccccc1)C(O)(CC=C)C(C)c1ccccc1. The fraction of sp³-hybridized carbons (Fsp3) is 0.333. The van der Waals surface area contributed by atoms with Crippen molar-refractivity contribution in [3.63, 3.8) is 0 Å². The van der Waals surface area contributed by atoms with Crippen molar-refractivity contribution in [1.29, 1.82) is 0 Å². The summed E-state index contributed by atoms with van der Waals surface area (Å²) in [5, 5.41) is 23.7. The molecular formula is C24H30O2. The highest BCUT2D eigenvalue weighted by Crippen LogP contribution is 2.48. The lowest BCUT2D eigenvalue weighted by atomic mass is 9.62. The van der Waals surface area contributed by atoms with Crippen LogP contribution in [0.1, 0.15) is 49.7 Å². The van der Waals surface area contributed by atoms with E-state index in [1.54, 1.807) is 12.2 Å². The Labute approximate surface area is 157 Å². The van der Waals surface area contributed by atoms with Gasteiger partial charge in [-0.25, -0.2) is 0 Å². The summed E-state index contributed by atoms with van der Waals surface area (Å²) in [6.45, 7) is 11.6. The summed E-state index contributed by atoms with van der Waals surface area (Å²) in [4.78, 5) is 0. The summed E-state index contributed by atoms with van der Waals surface area (Å²) in [5.74, 6) is -0.560. The first-order valence-corrected chi connectivity index (χ1v) is 9.17. The van der Waals surface area contributed by atoms with Crippen LogP contribution < -0.4 is 0 Å². The molecule has 138 valence electrons. The van der Waals surface area contributed by atoms with E-state index in [4.69, 9.17) is 0 Å². The van der Waals surface area contributed by atoms with Crippen molar-refractivity contribution in [3.8, 4) is 0 Å². The van der Waals surface area contributed by atoms with Crippen LogP contribution in [0.2, 0.25) is 0 Å². The molecule has 2 nitrogen and oxygen atoms in total. The molecule has 0 aliphatic rings. The van der Waals surface area contributed by atoms with Gasteiger partial charge in [-0.15, -0.1) is 13.2 Å². The summed E-state index contributed by atoms with van der Waals surface area (Å²) in [6, 6.07) is 19.7. The third-order valence-electron chi connectivity index (χ3n) is 5.69. The molecule has 4 atom stereocenters. The highest BCUT2D eigenvalue weighted by molar-refractivity contribution is 5.31. The first kappa shape index (κ1) is 20.2. The van der Waals surface area contributed by atoms with Crippen LogP contribution in [0, 0.1) is 0 Å². The van der Waals surface area contributed by atoms with Gasteiger partial charge >= 0.3 is 0 Å². The van der Waals surface area contributed by atoms with Crippen molar-refractivity contribution in [3.05, 3.63) is 97.1 Å². The molecule has 2 aromatic rings. The van der Waals surface area contributed by atoms with Crippen molar-refractivity contribution in [2.45, 2.75) is 49.7 Å². The fourth-order valence-corrected chi connectivity index (χ4v) is 3.93. The molecule has 0 fully saturated rings. The van der Waals surface area contributed by atoms with Gasteiger partial charge in [-0.2, -0.15) is 0 Å². The minimum Gasteiger partial charge on any atom is -0.386 e. The highest BCUT2D eigenvalue weighted by Gasteiger charge is 2.54. The third-order valence-corrected chi connectivity index (χ3v) is 5.69. The monoisotopic (exact) mass is 350 g/mol. The predicted octanol–water partition coefficient (Wildman–Crippen LogP) is 5.21. The predicted molar refractivity (Wildman–Crippen MR) is 109 cm³/mol. The Hall–Kier alpha value is -2.16. The lowest BCUT2D eigenvalue weighted by Gasteiger charge is -2.50. The number of hydrogen-bond acceptors (Lipinski definition) is 2. The molecule has 0 aliphatic carbocycles. The molecule has 0 heterocycles. The van der Waals surface area contributed by atoms with E-state index >= 15 is 0 Å². The van der Waals surface area contributed by atoms with Crippen molar-refractivity contribution >= 4 is 0 Å². The largest absolute Gasteiger partial charge is 0.386 e. The van der Waals surface area contributed by atoms with E-state index in [9.17, 15) is 10.2 Å². The maximum absolute atomic E-state index is 11.8. The Kier molecular flexibility index (Phi) is 6.57. The molecule has 2 heteroatoms. The second-order valence-electron chi connectivity index (χ2n) is 7.10. The Balaban J connectivity index is 2.57. The van der Waals surface area contributed by atoms with Crippen LogP contribution in [-0.4, -0.2) is 21.4 Å². The molecule has 0 aromatic heterocycles. The fourth-order valence-electron chi connectivity index (χ4n) is 3.93. The number of benzene rings is 2. The molecule has 2 N–H and O–H groups in total. The minimum absolute atomic E-state index is 0.280. The summed E-state index contributed by atoms with van der Waals surface area (Å²) < 4.78 is 0.